The van der Waals surface area contributed by atoms with Crippen LogP contribution in [0.1, 0.15) is 17.6 Å². The maximum absolute atomic E-state index is 13.7. The van der Waals surface area contributed by atoms with E-state index in [9.17, 15) is 17.2 Å². The minimum absolute atomic E-state index is 0.0800. The second-order valence-electron chi connectivity index (χ2n) is 6.94. The van der Waals surface area contributed by atoms with Gasteiger partial charge in [0.25, 0.3) is 16.4 Å². The highest BCUT2D eigenvalue weighted by molar-refractivity contribution is 7.90. The van der Waals surface area contributed by atoms with Crippen molar-refractivity contribution in [3.8, 4) is 0 Å². The Labute approximate surface area is 162 Å². The standard InChI is InChI=1S/C20H21F2N3O2S/c1-14-3-2-4-16(11-14)28(26,27)25-13-18(20(21)22)17-12-15(5-6-19(17)25)24-9-7-23-8-10-24/h2-6,11-13,20,23H,7-10H2,1H3. The van der Waals surface area contributed by atoms with Crippen LogP contribution in [0, 0.1) is 6.92 Å². The molecule has 1 aliphatic heterocycles. The van der Waals surface area contributed by atoms with E-state index in [1.54, 1.807) is 37.3 Å². The molecule has 0 radical (unpaired) electrons. The molecule has 2 heterocycles. The number of halogens is 2. The van der Waals surface area contributed by atoms with Gasteiger partial charge in [0, 0.05) is 49.0 Å². The van der Waals surface area contributed by atoms with Gasteiger partial charge < -0.3 is 10.2 Å². The molecule has 3 aromatic rings. The van der Waals surface area contributed by atoms with E-state index in [1.165, 1.54) is 12.1 Å². The van der Waals surface area contributed by atoms with Crippen molar-refractivity contribution in [3.05, 3.63) is 59.8 Å². The Bertz CT molecular complexity index is 1120. The monoisotopic (exact) mass is 405 g/mol. The maximum atomic E-state index is 13.7. The Hall–Kier alpha value is -2.45. The van der Waals surface area contributed by atoms with Crippen molar-refractivity contribution < 1.29 is 17.2 Å². The van der Waals surface area contributed by atoms with Crippen LogP contribution in [0.25, 0.3) is 10.9 Å². The predicted molar refractivity (Wildman–Crippen MR) is 106 cm³/mol. The summed E-state index contributed by atoms with van der Waals surface area (Å²) in [5.41, 5.74) is 1.59. The van der Waals surface area contributed by atoms with Crippen molar-refractivity contribution in [1.29, 1.82) is 0 Å². The molecular weight excluding hydrogens is 384 g/mol. The summed E-state index contributed by atoms with van der Waals surface area (Å²) in [5.74, 6) is 0. The highest BCUT2D eigenvalue weighted by Gasteiger charge is 2.25. The van der Waals surface area contributed by atoms with Crippen LogP contribution in [0.4, 0.5) is 14.5 Å². The van der Waals surface area contributed by atoms with Gasteiger partial charge in [0.2, 0.25) is 0 Å². The first-order valence-electron chi connectivity index (χ1n) is 9.09. The third-order valence-electron chi connectivity index (χ3n) is 5.05. The van der Waals surface area contributed by atoms with Gasteiger partial charge in [0.1, 0.15) is 0 Å². The molecule has 0 bridgehead atoms. The van der Waals surface area contributed by atoms with Crippen LogP contribution >= 0.6 is 0 Å². The zero-order valence-electron chi connectivity index (χ0n) is 15.4. The molecule has 0 aliphatic carbocycles. The molecule has 28 heavy (non-hydrogen) atoms. The van der Waals surface area contributed by atoms with Crippen molar-refractivity contribution in [2.75, 3.05) is 31.1 Å². The second-order valence-corrected chi connectivity index (χ2v) is 8.76. The molecule has 0 spiro atoms. The minimum Gasteiger partial charge on any atom is -0.369 e. The number of aryl methyl sites for hydroxylation is 1. The van der Waals surface area contributed by atoms with Gasteiger partial charge in [-0.05, 0) is 42.8 Å². The number of aromatic nitrogens is 1. The fraction of sp³-hybridized carbons (Fsp3) is 0.300. The zero-order chi connectivity index (χ0) is 19.9. The number of benzene rings is 2. The molecule has 2 aromatic carbocycles. The summed E-state index contributed by atoms with van der Waals surface area (Å²) in [4.78, 5) is 2.19. The molecule has 8 heteroatoms. The number of hydrogen-bond donors (Lipinski definition) is 1. The van der Waals surface area contributed by atoms with Gasteiger partial charge in [-0.15, -0.1) is 0 Å². The Kier molecular flexibility index (Phi) is 4.84. The Morgan fingerprint density at radius 2 is 1.82 bits per heavy atom. The number of nitrogens with one attached hydrogen (secondary N) is 1. The summed E-state index contributed by atoms with van der Waals surface area (Å²) in [6.07, 6.45) is -1.72. The van der Waals surface area contributed by atoms with Crippen molar-refractivity contribution in [2.24, 2.45) is 0 Å². The Balaban J connectivity index is 1.88. The van der Waals surface area contributed by atoms with Gasteiger partial charge in [0.15, 0.2) is 0 Å². The van der Waals surface area contributed by atoms with Crippen LogP contribution in [0.15, 0.2) is 53.6 Å². The summed E-state index contributed by atoms with van der Waals surface area (Å²) < 4.78 is 54.6. The largest absolute Gasteiger partial charge is 0.369 e. The molecule has 1 N–H and O–H groups in total. The lowest BCUT2D eigenvalue weighted by molar-refractivity contribution is 0.153. The van der Waals surface area contributed by atoms with Crippen LogP contribution in [0.3, 0.4) is 0 Å². The lowest BCUT2D eigenvalue weighted by atomic mass is 10.1. The van der Waals surface area contributed by atoms with E-state index in [4.69, 9.17) is 0 Å². The normalized spacial score (nSPS) is 15.5. The van der Waals surface area contributed by atoms with Gasteiger partial charge in [-0.3, -0.25) is 0 Å². The quantitative estimate of drug-likeness (QED) is 0.722. The zero-order valence-corrected chi connectivity index (χ0v) is 16.2. The predicted octanol–water partition coefficient (Wildman–Crippen LogP) is 3.53. The van der Waals surface area contributed by atoms with Crippen molar-refractivity contribution in [2.45, 2.75) is 18.2 Å². The number of fused-ring (bicyclic) bond motifs is 1. The van der Waals surface area contributed by atoms with Crippen LogP contribution in [-0.4, -0.2) is 38.6 Å². The molecule has 0 atom stereocenters. The van der Waals surface area contributed by atoms with Crippen molar-refractivity contribution in [1.82, 2.24) is 9.29 Å². The first-order valence-corrected chi connectivity index (χ1v) is 10.5. The lowest BCUT2D eigenvalue weighted by Crippen LogP contribution is -2.43. The number of anilines is 1. The molecule has 1 saturated heterocycles. The molecule has 0 amide bonds. The van der Waals surface area contributed by atoms with Crippen LogP contribution in [0.5, 0.6) is 0 Å². The first kappa shape index (κ1) is 18.9. The van der Waals surface area contributed by atoms with Gasteiger partial charge in [0.05, 0.1) is 10.4 Å². The van der Waals surface area contributed by atoms with E-state index in [-0.39, 0.29) is 21.4 Å². The average molecular weight is 405 g/mol. The molecule has 1 aromatic heterocycles. The SMILES string of the molecule is Cc1cccc(S(=O)(=O)n2cc(C(F)F)c3cc(N4CCNCC4)ccc32)c1. The number of piperazine rings is 1. The minimum atomic E-state index is -3.98. The fourth-order valence-electron chi connectivity index (χ4n) is 3.59. The summed E-state index contributed by atoms with van der Waals surface area (Å²) in [5, 5.41) is 3.52. The van der Waals surface area contributed by atoms with Crippen LogP contribution < -0.4 is 10.2 Å². The Morgan fingerprint density at radius 3 is 2.50 bits per heavy atom. The first-order chi connectivity index (χ1) is 13.4. The molecule has 4 rings (SSSR count). The van der Waals surface area contributed by atoms with E-state index in [0.717, 1.165) is 47.6 Å². The number of nitrogens with zero attached hydrogens (tertiary/aromatic N) is 2. The summed E-state index contributed by atoms with van der Waals surface area (Å²) in [6.45, 7) is 4.98. The number of rotatable bonds is 4. The van der Waals surface area contributed by atoms with Crippen molar-refractivity contribution >= 4 is 26.6 Å². The topological polar surface area (TPSA) is 54.3 Å². The average Bonchev–Trinajstić information content (AvgIpc) is 3.08. The maximum Gasteiger partial charge on any atom is 0.268 e. The van der Waals surface area contributed by atoms with E-state index < -0.39 is 16.4 Å². The van der Waals surface area contributed by atoms with Crippen molar-refractivity contribution in [3.63, 3.8) is 0 Å². The summed E-state index contributed by atoms with van der Waals surface area (Å²) >= 11 is 0. The third kappa shape index (κ3) is 3.27. The summed E-state index contributed by atoms with van der Waals surface area (Å²) in [6, 6.07) is 11.5. The van der Waals surface area contributed by atoms with E-state index in [2.05, 4.69) is 10.2 Å². The molecule has 1 fully saturated rings. The molecule has 148 valence electrons. The van der Waals surface area contributed by atoms with Crippen LogP contribution in [-0.2, 0) is 10.0 Å². The number of hydrogen-bond acceptors (Lipinski definition) is 4. The molecular formula is C20H21F2N3O2S. The van der Waals surface area contributed by atoms with Gasteiger partial charge >= 0.3 is 0 Å². The fourth-order valence-corrected chi connectivity index (χ4v) is 5.08. The molecule has 5 nitrogen and oxygen atoms in total. The lowest BCUT2D eigenvalue weighted by Gasteiger charge is -2.29. The summed E-state index contributed by atoms with van der Waals surface area (Å²) in [7, 11) is -3.98. The number of alkyl halides is 2. The third-order valence-corrected chi connectivity index (χ3v) is 6.72. The molecule has 0 unspecified atom stereocenters. The van der Waals surface area contributed by atoms with Gasteiger partial charge in [-0.25, -0.2) is 21.2 Å². The van der Waals surface area contributed by atoms with E-state index in [1.807, 2.05) is 0 Å². The molecule has 1 aliphatic rings. The highest BCUT2D eigenvalue weighted by Crippen LogP contribution is 2.34. The second kappa shape index (κ2) is 7.18. The van der Waals surface area contributed by atoms with E-state index in [0.29, 0.717) is 0 Å². The highest BCUT2D eigenvalue weighted by atomic mass is 32.2. The Morgan fingerprint density at radius 1 is 1.07 bits per heavy atom. The van der Waals surface area contributed by atoms with Crippen LogP contribution in [0.2, 0.25) is 0 Å². The molecule has 0 saturated carbocycles. The van der Waals surface area contributed by atoms with Gasteiger partial charge in [-0.1, -0.05) is 12.1 Å². The smallest absolute Gasteiger partial charge is 0.268 e. The van der Waals surface area contributed by atoms with Gasteiger partial charge in [-0.2, -0.15) is 0 Å². The van der Waals surface area contributed by atoms with E-state index >= 15 is 0 Å².